The summed E-state index contributed by atoms with van der Waals surface area (Å²) in [6.07, 6.45) is 0.671. The Kier molecular flexibility index (Phi) is 7.78. The number of fused-ring (bicyclic) bond motifs is 1. The zero-order valence-electron chi connectivity index (χ0n) is 21.3. The maximum Gasteiger partial charge on any atom is 0.323 e. The molecule has 0 aliphatic carbocycles. The van der Waals surface area contributed by atoms with Gasteiger partial charge in [0.25, 0.3) is 5.91 Å². The highest BCUT2D eigenvalue weighted by Crippen LogP contribution is 2.32. The van der Waals surface area contributed by atoms with Crippen LogP contribution in [-0.4, -0.2) is 47.2 Å². The SMILES string of the molecule is CCc1cc(C(=O)c2ccccc2Cl)c(-n2c(CO)nnc2CNC(=O)c2cc3ccccc3n2CC(=O)O)s1. The number of aryl methyl sites for hydroxylation is 1. The van der Waals surface area contributed by atoms with Gasteiger partial charge in [-0.3, -0.25) is 19.0 Å². The number of carboxylic acid groups (broad SMARTS) is 1. The molecule has 0 unspecified atom stereocenters. The van der Waals surface area contributed by atoms with Crippen LogP contribution in [0.2, 0.25) is 5.02 Å². The Hall–Kier alpha value is -4.32. The van der Waals surface area contributed by atoms with Crippen molar-refractivity contribution in [2.75, 3.05) is 0 Å². The van der Waals surface area contributed by atoms with Crippen LogP contribution < -0.4 is 5.32 Å². The topological polar surface area (TPSA) is 139 Å². The minimum Gasteiger partial charge on any atom is -0.480 e. The Morgan fingerprint density at radius 2 is 1.73 bits per heavy atom. The van der Waals surface area contributed by atoms with E-state index in [2.05, 4.69) is 15.5 Å². The lowest BCUT2D eigenvalue weighted by Gasteiger charge is -2.12. The third-order valence-corrected chi connectivity index (χ3v) is 7.95. The molecule has 3 N–H and O–H groups in total. The molecule has 204 valence electrons. The summed E-state index contributed by atoms with van der Waals surface area (Å²) in [6, 6.07) is 17.3. The van der Waals surface area contributed by atoms with Gasteiger partial charge >= 0.3 is 5.97 Å². The second-order valence-electron chi connectivity index (χ2n) is 8.87. The summed E-state index contributed by atoms with van der Waals surface area (Å²) in [7, 11) is 0. The smallest absolute Gasteiger partial charge is 0.323 e. The number of aromatic nitrogens is 4. The molecule has 0 fully saturated rings. The van der Waals surface area contributed by atoms with Crippen molar-refractivity contribution in [1.82, 2.24) is 24.6 Å². The molecule has 0 saturated carbocycles. The van der Waals surface area contributed by atoms with E-state index in [0.717, 1.165) is 10.3 Å². The first-order valence-corrected chi connectivity index (χ1v) is 13.6. The van der Waals surface area contributed by atoms with Crippen LogP contribution >= 0.6 is 22.9 Å². The third-order valence-electron chi connectivity index (χ3n) is 6.36. The number of benzene rings is 2. The predicted octanol–water partition coefficient (Wildman–Crippen LogP) is 4.24. The van der Waals surface area contributed by atoms with Crippen molar-refractivity contribution in [2.45, 2.75) is 33.0 Å². The number of hydrogen-bond acceptors (Lipinski definition) is 7. The molecule has 0 atom stereocenters. The van der Waals surface area contributed by atoms with Gasteiger partial charge in [-0.2, -0.15) is 0 Å². The van der Waals surface area contributed by atoms with E-state index in [-0.39, 0.29) is 36.2 Å². The number of nitrogens with zero attached hydrogens (tertiary/aromatic N) is 4. The van der Waals surface area contributed by atoms with Crippen molar-refractivity contribution >= 4 is 51.5 Å². The number of rotatable bonds is 10. The van der Waals surface area contributed by atoms with E-state index in [0.29, 0.717) is 33.1 Å². The number of carbonyl (C=O) groups is 3. The molecule has 12 heteroatoms. The van der Waals surface area contributed by atoms with Gasteiger partial charge in [-0.05, 0) is 36.8 Å². The summed E-state index contributed by atoms with van der Waals surface area (Å²) in [6.45, 7) is 1.03. The van der Waals surface area contributed by atoms with Crippen LogP contribution in [0.3, 0.4) is 0 Å². The number of amides is 1. The fourth-order valence-electron chi connectivity index (χ4n) is 4.48. The van der Waals surface area contributed by atoms with Crippen LogP contribution in [0.25, 0.3) is 15.9 Å². The van der Waals surface area contributed by atoms with Crippen LogP contribution in [0.4, 0.5) is 0 Å². The van der Waals surface area contributed by atoms with E-state index >= 15 is 0 Å². The first-order valence-electron chi connectivity index (χ1n) is 12.4. The molecule has 2 aromatic carbocycles. The van der Waals surface area contributed by atoms with Crippen LogP contribution in [-0.2, 0) is 30.9 Å². The molecule has 0 aliphatic rings. The Morgan fingerprint density at radius 3 is 2.45 bits per heavy atom. The van der Waals surface area contributed by atoms with Crippen molar-refractivity contribution < 1.29 is 24.6 Å². The number of aliphatic carboxylic acids is 1. The molecule has 0 saturated heterocycles. The van der Waals surface area contributed by atoms with Gasteiger partial charge in [0.2, 0.25) is 0 Å². The van der Waals surface area contributed by atoms with Crippen LogP contribution in [0.1, 0.15) is 49.9 Å². The van der Waals surface area contributed by atoms with Gasteiger partial charge in [-0.1, -0.05) is 48.9 Å². The molecule has 10 nitrogen and oxygen atoms in total. The summed E-state index contributed by atoms with van der Waals surface area (Å²) >= 11 is 7.68. The molecule has 5 rings (SSSR count). The van der Waals surface area contributed by atoms with Gasteiger partial charge in [0.05, 0.1) is 17.1 Å². The number of halogens is 1. The fraction of sp³-hybridized carbons (Fsp3) is 0.179. The molecule has 5 aromatic rings. The predicted molar refractivity (Wildman–Crippen MR) is 150 cm³/mol. The summed E-state index contributed by atoms with van der Waals surface area (Å²) in [5, 5.41) is 32.0. The molecule has 0 bridgehead atoms. The van der Waals surface area contributed by atoms with E-state index in [9.17, 15) is 24.6 Å². The van der Waals surface area contributed by atoms with Crippen LogP contribution in [0.5, 0.6) is 0 Å². The van der Waals surface area contributed by atoms with Gasteiger partial charge in [-0.25, -0.2) is 0 Å². The average molecular weight is 578 g/mol. The van der Waals surface area contributed by atoms with Crippen molar-refractivity contribution in [3.63, 3.8) is 0 Å². The first-order chi connectivity index (χ1) is 19.3. The zero-order chi connectivity index (χ0) is 28.4. The lowest BCUT2D eigenvalue weighted by Crippen LogP contribution is -2.28. The van der Waals surface area contributed by atoms with Crippen molar-refractivity contribution in [2.24, 2.45) is 0 Å². The minimum absolute atomic E-state index is 0.0977. The number of aliphatic hydroxyl groups excluding tert-OH is 1. The number of para-hydroxylation sites is 1. The summed E-state index contributed by atoms with van der Waals surface area (Å²) in [5.41, 5.74) is 1.51. The fourth-order valence-corrected chi connectivity index (χ4v) is 5.84. The number of nitrogens with one attached hydrogen (secondary N) is 1. The van der Waals surface area contributed by atoms with E-state index in [4.69, 9.17) is 11.6 Å². The number of carboxylic acids is 1. The summed E-state index contributed by atoms with van der Waals surface area (Å²) < 4.78 is 3.00. The van der Waals surface area contributed by atoms with Gasteiger partial charge in [0.1, 0.15) is 23.8 Å². The number of thiophene rings is 1. The van der Waals surface area contributed by atoms with Gasteiger partial charge in [0, 0.05) is 21.3 Å². The van der Waals surface area contributed by atoms with E-state index in [1.165, 1.54) is 15.9 Å². The van der Waals surface area contributed by atoms with E-state index in [1.54, 1.807) is 65.2 Å². The Labute approximate surface area is 237 Å². The second-order valence-corrected chi connectivity index (χ2v) is 10.4. The molecule has 0 radical (unpaired) electrons. The molecule has 40 heavy (non-hydrogen) atoms. The quantitative estimate of drug-likeness (QED) is 0.211. The van der Waals surface area contributed by atoms with E-state index < -0.39 is 18.5 Å². The highest BCUT2D eigenvalue weighted by atomic mass is 35.5. The van der Waals surface area contributed by atoms with E-state index in [1.807, 2.05) is 6.92 Å². The highest BCUT2D eigenvalue weighted by molar-refractivity contribution is 7.15. The Bertz CT molecular complexity index is 1750. The molecular formula is C28H24ClN5O5S. The second kappa shape index (κ2) is 11.4. The number of aliphatic hydroxyl groups is 1. The monoisotopic (exact) mass is 577 g/mol. The molecule has 0 aliphatic heterocycles. The van der Waals surface area contributed by atoms with Gasteiger partial charge in [0.15, 0.2) is 17.4 Å². The third kappa shape index (κ3) is 5.14. The number of hydrogen-bond donors (Lipinski definition) is 3. The largest absolute Gasteiger partial charge is 0.480 e. The molecule has 3 aromatic heterocycles. The summed E-state index contributed by atoms with van der Waals surface area (Å²) in [4.78, 5) is 39.3. The summed E-state index contributed by atoms with van der Waals surface area (Å²) in [5.74, 6) is -1.39. The standard InChI is InChI=1S/C28H24ClN5O5S/c1-2-17-12-19(26(38)18-8-4-5-9-20(18)29)28(40-17)34-23(31-32-24(34)15-35)13-30-27(39)22-11-16-7-3-6-10-21(16)33(22)14-25(36)37/h3-12,35H,2,13-15H2,1H3,(H,30,39)(H,36,37). The lowest BCUT2D eigenvalue weighted by atomic mass is 10.0. The van der Waals surface area contributed by atoms with Crippen molar-refractivity contribution in [3.8, 4) is 5.00 Å². The normalized spacial score (nSPS) is 11.2. The maximum absolute atomic E-state index is 13.6. The number of ketones is 1. The molecule has 0 spiro atoms. The first kappa shape index (κ1) is 27.3. The lowest BCUT2D eigenvalue weighted by molar-refractivity contribution is -0.137. The average Bonchev–Trinajstić information content (AvgIpc) is 3.66. The van der Waals surface area contributed by atoms with Gasteiger partial charge in [-0.15, -0.1) is 21.5 Å². The van der Waals surface area contributed by atoms with Gasteiger partial charge < -0.3 is 20.1 Å². The minimum atomic E-state index is -1.08. The highest BCUT2D eigenvalue weighted by Gasteiger charge is 2.25. The van der Waals surface area contributed by atoms with Crippen molar-refractivity contribution in [3.05, 3.63) is 99.0 Å². The Morgan fingerprint density at radius 1 is 1.00 bits per heavy atom. The molecule has 1 amide bonds. The zero-order valence-corrected chi connectivity index (χ0v) is 22.9. The molecule has 3 heterocycles. The van der Waals surface area contributed by atoms with Crippen LogP contribution in [0.15, 0.2) is 60.7 Å². The maximum atomic E-state index is 13.6. The molecular weight excluding hydrogens is 554 g/mol. The van der Waals surface area contributed by atoms with Crippen molar-refractivity contribution in [1.29, 1.82) is 0 Å². The Balaban J connectivity index is 1.50. The number of carbonyl (C=O) groups excluding carboxylic acids is 2. The van der Waals surface area contributed by atoms with Crippen LogP contribution in [0, 0.1) is 0 Å².